The third-order valence-corrected chi connectivity index (χ3v) is 13.9. The van der Waals surface area contributed by atoms with Gasteiger partial charge in [-0.25, -0.2) is 0 Å². The van der Waals surface area contributed by atoms with E-state index in [0.29, 0.717) is 0 Å². The fraction of sp³-hybridized carbons (Fsp3) is 0.0645. The summed E-state index contributed by atoms with van der Waals surface area (Å²) >= 11 is 0. The SMILES string of the molecule is CC1(C)c2ccccc2-c2ccc(N(c3ccccc3)c3ccc(-c4ccc5c(c4)C(c4ccccc4)(c4ccccc4)c4cc(-c6ccccc6)c6ccccc6c4-5)cc3)cc21. The van der Waals surface area contributed by atoms with Gasteiger partial charge in [-0.05, 0) is 137 Å². The van der Waals surface area contributed by atoms with Gasteiger partial charge in [0.15, 0.2) is 0 Å². The number of nitrogens with zero attached hydrogens (tertiary/aromatic N) is 1. The molecular weight excluding hydrogens is 759 g/mol. The predicted octanol–water partition coefficient (Wildman–Crippen LogP) is 16.3. The van der Waals surface area contributed by atoms with Gasteiger partial charge >= 0.3 is 0 Å². The van der Waals surface area contributed by atoms with Gasteiger partial charge in [0.1, 0.15) is 0 Å². The highest BCUT2D eigenvalue weighted by Gasteiger charge is 2.47. The lowest BCUT2D eigenvalue weighted by molar-refractivity contribution is 0.660. The first kappa shape index (κ1) is 37.1. The molecule has 10 aromatic carbocycles. The van der Waals surface area contributed by atoms with Crippen LogP contribution in [0, 0.1) is 0 Å². The van der Waals surface area contributed by atoms with Gasteiger partial charge in [-0.2, -0.15) is 0 Å². The Morgan fingerprint density at radius 2 is 0.825 bits per heavy atom. The van der Waals surface area contributed by atoms with Gasteiger partial charge in [0, 0.05) is 22.5 Å². The van der Waals surface area contributed by atoms with Crippen LogP contribution in [-0.4, -0.2) is 0 Å². The molecule has 0 saturated heterocycles. The summed E-state index contributed by atoms with van der Waals surface area (Å²) in [5.74, 6) is 0. The van der Waals surface area contributed by atoms with E-state index in [9.17, 15) is 0 Å². The summed E-state index contributed by atoms with van der Waals surface area (Å²) in [6, 6.07) is 87.7. The van der Waals surface area contributed by atoms with Crippen molar-refractivity contribution in [3.63, 3.8) is 0 Å². The van der Waals surface area contributed by atoms with E-state index in [1.165, 1.54) is 88.7 Å². The monoisotopic (exact) mass is 803 g/mol. The van der Waals surface area contributed by atoms with Crippen molar-refractivity contribution >= 4 is 27.8 Å². The lowest BCUT2D eigenvalue weighted by Crippen LogP contribution is -2.28. The first-order valence-electron chi connectivity index (χ1n) is 22.1. The first-order valence-corrected chi connectivity index (χ1v) is 22.1. The Kier molecular flexibility index (Phi) is 8.49. The van der Waals surface area contributed by atoms with E-state index < -0.39 is 5.41 Å². The molecule has 63 heavy (non-hydrogen) atoms. The minimum Gasteiger partial charge on any atom is -0.310 e. The van der Waals surface area contributed by atoms with Gasteiger partial charge in [0.05, 0.1) is 5.41 Å². The fourth-order valence-corrected chi connectivity index (χ4v) is 11.0. The van der Waals surface area contributed by atoms with Crippen molar-refractivity contribution in [2.75, 3.05) is 4.90 Å². The molecule has 1 nitrogen and oxygen atoms in total. The second kappa shape index (κ2) is 14.4. The van der Waals surface area contributed by atoms with Crippen molar-refractivity contribution in [3.05, 3.63) is 270 Å². The average Bonchev–Trinajstić information content (AvgIpc) is 3.77. The number of anilines is 3. The highest BCUT2D eigenvalue weighted by atomic mass is 15.1. The molecule has 2 aliphatic rings. The molecular formula is C62H45N. The van der Waals surface area contributed by atoms with E-state index in [1.54, 1.807) is 0 Å². The number of rotatable bonds is 7. The zero-order chi connectivity index (χ0) is 42.1. The van der Waals surface area contributed by atoms with Crippen LogP contribution in [0.5, 0.6) is 0 Å². The topological polar surface area (TPSA) is 3.24 Å². The molecule has 0 aromatic heterocycles. The molecule has 298 valence electrons. The van der Waals surface area contributed by atoms with Crippen molar-refractivity contribution in [3.8, 4) is 44.5 Å². The van der Waals surface area contributed by atoms with Gasteiger partial charge in [-0.3, -0.25) is 0 Å². The number of benzene rings is 10. The van der Waals surface area contributed by atoms with Gasteiger partial charge in [0.2, 0.25) is 0 Å². The maximum Gasteiger partial charge on any atom is 0.0714 e. The summed E-state index contributed by atoms with van der Waals surface area (Å²) in [6.07, 6.45) is 0. The molecule has 0 saturated carbocycles. The Hall–Kier alpha value is -7.74. The standard InChI is InChI=1S/C62H45N/c1-61(2)56-30-18-17-28-51(56)52-38-36-49(40-57(52)61)63(47-25-13-6-14-26-47)48-34-31-42(32-35-48)44-33-37-54-58(39-44)62(45-21-9-4-10-22-45,46-23-11-5-12-24-46)59-41-55(43-19-7-3-8-20-43)50-27-15-16-29-53(50)60(54)59/h3-41H,1-2H3. The van der Waals surface area contributed by atoms with Gasteiger partial charge < -0.3 is 4.90 Å². The largest absolute Gasteiger partial charge is 0.310 e. The highest BCUT2D eigenvalue weighted by Crippen LogP contribution is 2.60. The van der Waals surface area contributed by atoms with Crippen LogP contribution >= 0.6 is 0 Å². The molecule has 0 spiro atoms. The minimum absolute atomic E-state index is 0.0918. The maximum atomic E-state index is 2.50. The average molecular weight is 804 g/mol. The van der Waals surface area contributed by atoms with Crippen LogP contribution in [0.4, 0.5) is 17.1 Å². The summed E-state index contributed by atoms with van der Waals surface area (Å²) in [4.78, 5) is 2.40. The molecule has 0 radical (unpaired) electrons. The smallest absolute Gasteiger partial charge is 0.0714 e. The van der Waals surface area contributed by atoms with Crippen molar-refractivity contribution in [2.45, 2.75) is 24.7 Å². The third-order valence-electron chi connectivity index (χ3n) is 13.9. The Morgan fingerprint density at radius 1 is 0.302 bits per heavy atom. The molecule has 0 amide bonds. The van der Waals surface area contributed by atoms with Crippen LogP contribution in [0.15, 0.2) is 237 Å². The van der Waals surface area contributed by atoms with E-state index >= 15 is 0 Å². The summed E-state index contributed by atoms with van der Waals surface area (Å²) in [7, 11) is 0. The fourth-order valence-electron chi connectivity index (χ4n) is 11.0. The molecule has 0 bridgehead atoms. The Morgan fingerprint density at radius 3 is 1.52 bits per heavy atom. The van der Waals surface area contributed by atoms with Crippen LogP contribution in [0.1, 0.15) is 47.2 Å². The number of fused-ring (bicyclic) bond motifs is 8. The summed E-state index contributed by atoms with van der Waals surface area (Å²) in [5.41, 5.74) is 20.8. The third kappa shape index (κ3) is 5.63. The normalized spacial score (nSPS) is 13.8. The van der Waals surface area contributed by atoms with E-state index in [-0.39, 0.29) is 5.41 Å². The molecule has 1 heteroatoms. The molecule has 0 heterocycles. The second-order valence-corrected chi connectivity index (χ2v) is 17.6. The number of hydrogen-bond acceptors (Lipinski definition) is 1. The molecule has 0 atom stereocenters. The molecule has 0 aliphatic heterocycles. The molecule has 10 aromatic rings. The van der Waals surface area contributed by atoms with Crippen molar-refractivity contribution in [1.29, 1.82) is 0 Å². The summed E-state index contributed by atoms with van der Waals surface area (Å²) in [6.45, 7) is 4.71. The van der Waals surface area contributed by atoms with Crippen LogP contribution < -0.4 is 4.90 Å². The van der Waals surface area contributed by atoms with Crippen LogP contribution in [-0.2, 0) is 10.8 Å². The predicted molar refractivity (Wildman–Crippen MR) is 264 cm³/mol. The minimum atomic E-state index is -0.554. The first-order chi connectivity index (χ1) is 31.0. The van der Waals surface area contributed by atoms with Crippen LogP contribution in [0.25, 0.3) is 55.3 Å². The van der Waals surface area contributed by atoms with E-state index in [0.717, 1.165) is 17.1 Å². The van der Waals surface area contributed by atoms with E-state index in [4.69, 9.17) is 0 Å². The lowest BCUT2D eigenvalue weighted by Gasteiger charge is -2.34. The van der Waals surface area contributed by atoms with Crippen molar-refractivity contribution in [1.82, 2.24) is 0 Å². The van der Waals surface area contributed by atoms with Crippen LogP contribution in [0.3, 0.4) is 0 Å². The summed E-state index contributed by atoms with van der Waals surface area (Å²) < 4.78 is 0. The van der Waals surface area contributed by atoms with Crippen LogP contribution in [0.2, 0.25) is 0 Å². The lowest BCUT2D eigenvalue weighted by atomic mass is 9.67. The molecule has 0 unspecified atom stereocenters. The Balaban J connectivity index is 1.03. The molecule has 0 N–H and O–H groups in total. The molecule has 12 rings (SSSR count). The Labute approximate surface area is 370 Å². The van der Waals surface area contributed by atoms with Crippen molar-refractivity contribution in [2.24, 2.45) is 0 Å². The van der Waals surface area contributed by atoms with E-state index in [2.05, 4.69) is 255 Å². The quantitative estimate of drug-likeness (QED) is 0.155. The highest BCUT2D eigenvalue weighted by molar-refractivity contribution is 6.10. The van der Waals surface area contributed by atoms with Gasteiger partial charge in [-0.15, -0.1) is 0 Å². The number of hydrogen-bond donors (Lipinski definition) is 0. The second-order valence-electron chi connectivity index (χ2n) is 17.6. The Bertz CT molecular complexity index is 3290. The summed E-state index contributed by atoms with van der Waals surface area (Å²) in [5, 5.41) is 2.55. The zero-order valence-corrected chi connectivity index (χ0v) is 35.5. The van der Waals surface area contributed by atoms with Gasteiger partial charge in [0.25, 0.3) is 0 Å². The maximum absolute atomic E-state index is 2.50. The molecule has 0 fully saturated rings. The van der Waals surface area contributed by atoms with Crippen molar-refractivity contribution < 1.29 is 0 Å². The van der Waals surface area contributed by atoms with E-state index in [1.807, 2.05) is 0 Å². The zero-order valence-electron chi connectivity index (χ0n) is 35.5. The number of para-hydroxylation sites is 1. The molecule has 2 aliphatic carbocycles. The van der Waals surface area contributed by atoms with Gasteiger partial charge in [-0.1, -0.05) is 202 Å².